The molecule has 0 saturated heterocycles. The van der Waals surface area contributed by atoms with Crippen molar-refractivity contribution in [3.63, 3.8) is 0 Å². The predicted molar refractivity (Wildman–Crippen MR) is 84.4 cm³/mol. The first-order valence-corrected chi connectivity index (χ1v) is 7.76. The van der Waals surface area contributed by atoms with E-state index in [1.807, 2.05) is 29.6 Å². The van der Waals surface area contributed by atoms with Crippen LogP contribution >= 0.6 is 11.3 Å². The summed E-state index contributed by atoms with van der Waals surface area (Å²) >= 11 is 1.69. The van der Waals surface area contributed by atoms with E-state index >= 15 is 0 Å². The highest BCUT2D eigenvalue weighted by Gasteiger charge is 2.05. The van der Waals surface area contributed by atoms with Crippen LogP contribution < -0.4 is 10.6 Å². The summed E-state index contributed by atoms with van der Waals surface area (Å²) in [5.41, 5.74) is 0.607. The van der Waals surface area contributed by atoms with Crippen molar-refractivity contribution in [2.75, 3.05) is 13.1 Å². The zero-order valence-corrected chi connectivity index (χ0v) is 12.5. The average Bonchev–Trinajstić information content (AvgIpc) is 3.01. The van der Waals surface area contributed by atoms with Crippen molar-refractivity contribution >= 4 is 23.2 Å². The third-order valence-corrected chi connectivity index (χ3v) is 3.88. The van der Waals surface area contributed by atoms with Gasteiger partial charge in [0.2, 0.25) is 5.91 Å². The number of hydrogen-bond donors (Lipinski definition) is 2. The predicted octanol–water partition coefficient (Wildman–Crippen LogP) is 2.23. The van der Waals surface area contributed by atoms with Crippen LogP contribution in [0.5, 0.6) is 0 Å². The second-order valence-electron chi connectivity index (χ2n) is 4.55. The smallest absolute Gasteiger partial charge is 0.251 e. The van der Waals surface area contributed by atoms with E-state index in [2.05, 4.69) is 16.7 Å². The lowest BCUT2D eigenvalue weighted by Gasteiger charge is -2.06. The minimum Gasteiger partial charge on any atom is -0.356 e. The van der Waals surface area contributed by atoms with Crippen LogP contribution in [0.4, 0.5) is 0 Å². The van der Waals surface area contributed by atoms with Gasteiger partial charge in [-0.3, -0.25) is 9.59 Å². The van der Waals surface area contributed by atoms with Crippen molar-refractivity contribution in [2.45, 2.75) is 12.8 Å². The average molecular weight is 302 g/mol. The highest BCUT2D eigenvalue weighted by Crippen LogP contribution is 2.08. The van der Waals surface area contributed by atoms with Gasteiger partial charge < -0.3 is 10.6 Å². The molecule has 0 bridgehead atoms. The van der Waals surface area contributed by atoms with E-state index in [4.69, 9.17) is 0 Å². The summed E-state index contributed by atoms with van der Waals surface area (Å²) in [7, 11) is 0. The first-order valence-electron chi connectivity index (χ1n) is 6.88. The Hall–Kier alpha value is -2.14. The molecule has 0 aliphatic carbocycles. The Morgan fingerprint density at radius 1 is 0.952 bits per heavy atom. The van der Waals surface area contributed by atoms with Crippen LogP contribution in [-0.2, 0) is 11.2 Å². The maximum Gasteiger partial charge on any atom is 0.251 e. The standard InChI is InChI=1S/C16H18N2O2S/c19-15(17-10-8-14-7-4-12-21-14)9-11-18-16(20)13-5-2-1-3-6-13/h1-7,12H,8-11H2,(H,17,19)(H,18,20). The second-order valence-corrected chi connectivity index (χ2v) is 5.58. The molecule has 2 N–H and O–H groups in total. The van der Waals surface area contributed by atoms with Crippen LogP contribution in [0.3, 0.4) is 0 Å². The maximum absolute atomic E-state index is 11.8. The van der Waals surface area contributed by atoms with Crippen molar-refractivity contribution in [1.82, 2.24) is 10.6 Å². The second kappa shape index (κ2) is 8.21. The number of amides is 2. The minimum absolute atomic E-state index is 0.0417. The van der Waals surface area contributed by atoms with E-state index in [0.717, 1.165) is 6.42 Å². The van der Waals surface area contributed by atoms with Crippen LogP contribution in [0, 0.1) is 0 Å². The largest absolute Gasteiger partial charge is 0.356 e. The molecule has 1 aromatic heterocycles. The molecule has 2 aromatic rings. The summed E-state index contributed by atoms with van der Waals surface area (Å²) in [6.45, 7) is 0.977. The molecule has 1 aromatic carbocycles. The van der Waals surface area contributed by atoms with E-state index in [-0.39, 0.29) is 11.8 Å². The lowest BCUT2D eigenvalue weighted by atomic mass is 10.2. The van der Waals surface area contributed by atoms with Gasteiger partial charge in [-0.15, -0.1) is 11.3 Å². The lowest BCUT2D eigenvalue weighted by molar-refractivity contribution is -0.120. The molecule has 4 nitrogen and oxygen atoms in total. The van der Waals surface area contributed by atoms with Gasteiger partial charge in [0.1, 0.15) is 0 Å². The molecule has 21 heavy (non-hydrogen) atoms. The van der Waals surface area contributed by atoms with E-state index in [1.165, 1.54) is 4.88 Å². The molecule has 0 radical (unpaired) electrons. The Bertz CT molecular complexity index is 567. The summed E-state index contributed by atoms with van der Waals surface area (Å²) in [4.78, 5) is 24.6. The van der Waals surface area contributed by atoms with Crippen LogP contribution in [-0.4, -0.2) is 24.9 Å². The minimum atomic E-state index is -0.151. The van der Waals surface area contributed by atoms with E-state index in [9.17, 15) is 9.59 Å². The fourth-order valence-electron chi connectivity index (χ4n) is 1.85. The van der Waals surface area contributed by atoms with Crippen molar-refractivity contribution in [2.24, 2.45) is 0 Å². The number of carbonyl (C=O) groups is 2. The molecular formula is C16H18N2O2S. The van der Waals surface area contributed by atoms with Gasteiger partial charge in [-0.25, -0.2) is 0 Å². The lowest BCUT2D eigenvalue weighted by Crippen LogP contribution is -2.31. The fourth-order valence-corrected chi connectivity index (χ4v) is 2.56. The van der Waals surface area contributed by atoms with Gasteiger partial charge in [0, 0.05) is 30.0 Å². The molecule has 0 fully saturated rings. The van der Waals surface area contributed by atoms with Crippen molar-refractivity contribution in [1.29, 1.82) is 0 Å². The summed E-state index contributed by atoms with van der Waals surface area (Å²) in [5, 5.41) is 7.61. The number of rotatable bonds is 7. The molecule has 0 saturated carbocycles. The Morgan fingerprint density at radius 3 is 2.48 bits per heavy atom. The van der Waals surface area contributed by atoms with Gasteiger partial charge in [-0.05, 0) is 30.0 Å². The monoisotopic (exact) mass is 302 g/mol. The number of nitrogens with one attached hydrogen (secondary N) is 2. The highest BCUT2D eigenvalue weighted by molar-refractivity contribution is 7.09. The van der Waals surface area contributed by atoms with Crippen LogP contribution in [0.2, 0.25) is 0 Å². The summed E-state index contributed by atoms with van der Waals surface area (Å²) in [5.74, 6) is -0.193. The Labute approximate surface area is 128 Å². The highest BCUT2D eigenvalue weighted by atomic mass is 32.1. The van der Waals surface area contributed by atoms with Crippen molar-refractivity contribution < 1.29 is 9.59 Å². The van der Waals surface area contributed by atoms with Crippen molar-refractivity contribution in [3.8, 4) is 0 Å². The van der Waals surface area contributed by atoms with Gasteiger partial charge in [0.05, 0.1) is 0 Å². The van der Waals surface area contributed by atoms with Gasteiger partial charge in [-0.2, -0.15) is 0 Å². The van der Waals surface area contributed by atoms with Crippen LogP contribution in [0.15, 0.2) is 47.8 Å². The molecule has 2 rings (SSSR count). The summed E-state index contributed by atoms with van der Waals surface area (Å²) in [6.07, 6.45) is 1.14. The Kier molecular flexibility index (Phi) is 5.97. The number of thiophene rings is 1. The third-order valence-electron chi connectivity index (χ3n) is 2.95. The van der Waals surface area contributed by atoms with Gasteiger partial charge in [0.25, 0.3) is 5.91 Å². The topological polar surface area (TPSA) is 58.2 Å². The van der Waals surface area contributed by atoms with E-state index in [1.54, 1.807) is 23.5 Å². The first-order chi connectivity index (χ1) is 10.3. The number of carbonyl (C=O) groups excluding carboxylic acids is 2. The van der Waals surface area contributed by atoms with Gasteiger partial charge in [0.15, 0.2) is 0 Å². The number of hydrogen-bond acceptors (Lipinski definition) is 3. The molecule has 0 unspecified atom stereocenters. The molecular weight excluding hydrogens is 284 g/mol. The fraction of sp³-hybridized carbons (Fsp3) is 0.250. The molecule has 0 aliphatic heterocycles. The Balaban J connectivity index is 1.60. The van der Waals surface area contributed by atoms with E-state index < -0.39 is 0 Å². The SMILES string of the molecule is O=C(CCNC(=O)c1ccccc1)NCCc1cccs1. The molecule has 1 heterocycles. The van der Waals surface area contributed by atoms with Crippen LogP contribution in [0.1, 0.15) is 21.7 Å². The van der Waals surface area contributed by atoms with Crippen molar-refractivity contribution in [3.05, 3.63) is 58.3 Å². The molecule has 0 spiro atoms. The summed E-state index contributed by atoms with van der Waals surface area (Å²) in [6, 6.07) is 13.0. The molecule has 110 valence electrons. The summed E-state index contributed by atoms with van der Waals surface area (Å²) < 4.78 is 0. The zero-order chi connectivity index (χ0) is 14.9. The molecule has 0 atom stereocenters. The molecule has 5 heteroatoms. The Morgan fingerprint density at radius 2 is 1.76 bits per heavy atom. The van der Waals surface area contributed by atoms with Crippen LogP contribution in [0.25, 0.3) is 0 Å². The quantitative estimate of drug-likeness (QED) is 0.824. The number of benzene rings is 1. The maximum atomic E-state index is 11.8. The normalized spacial score (nSPS) is 10.1. The first kappa shape index (κ1) is 15.3. The molecule has 2 amide bonds. The van der Waals surface area contributed by atoms with Gasteiger partial charge >= 0.3 is 0 Å². The third kappa shape index (κ3) is 5.39. The van der Waals surface area contributed by atoms with Gasteiger partial charge in [-0.1, -0.05) is 24.3 Å². The molecule has 0 aliphatic rings. The van der Waals surface area contributed by atoms with E-state index in [0.29, 0.717) is 25.1 Å². The zero-order valence-electron chi connectivity index (χ0n) is 11.7.